The van der Waals surface area contributed by atoms with E-state index in [1.54, 1.807) is 36.4 Å². The first-order chi connectivity index (χ1) is 17.7. The molecule has 11 heteroatoms. The molecule has 3 aromatic rings. The van der Waals surface area contributed by atoms with Crippen LogP contribution in [0, 0.1) is 12.8 Å². The molecule has 0 aliphatic carbocycles. The van der Waals surface area contributed by atoms with Gasteiger partial charge in [-0.05, 0) is 57.0 Å². The molecule has 0 spiro atoms. The maximum Gasteiger partial charge on any atom is 0.337 e. The Kier molecular flexibility index (Phi) is 8.58. The van der Waals surface area contributed by atoms with Crippen LogP contribution in [0.25, 0.3) is 10.2 Å². The summed E-state index contributed by atoms with van der Waals surface area (Å²) in [5.41, 5.74) is 2.27. The minimum Gasteiger partial charge on any atom is -0.465 e. The van der Waals surface area contributed by atoms with Crippen LogP contribution in [-0.4, -0.2) is 62.6 Å². The van der Waals surface area contributed by atoms with Gasteiger partial charge in [0.05, 0.1) is 34.4 Å². The van der Waals surface area contributed by atoms with Crippen LogP contribution in [-0.2, 0) is 30.8 Å². The Bertz CT molecular complexity index is 1450. The van der Waals surface area contributed by atoms with E-state index in [0.717, 1.165) is 15.8 Å². The largest absolute Gasteiger partial charge is 0.465 e. The zero-order valence-electron chi connectivity index (χ0n) is 21.2. The predicted molar refractivity (Wildman–Crippen MR) is 141 cm³/mol. The molecule has 4 rings (SSSR count). The van der Waals surface area contributed by atoms with Crippen LogP contribution >= 0.6 is 11.3 Å². The first-order valence-corrected chi connectivity index (χ1v) is 14.4. The van der Waals surface area contributed by atoms with Crippen molar-refractivity contribution in [1.29, 1.82) is 0 Å². The number of esters is 1. The van der Waals surface area contributed by atoms with Crippen molar-refractivity contribution >= 4 is 43.5 Å². The molecule has 2 aromatic carbocycles. The van der Waals surface area contributed by atoms with Crippen molar-refractivity contribution in [2.45, 2.75) is 38.1 Å². The number of sulfonamides is 1. The SMILES string of the molecule is CCOCCn1c(=NC(=O)C2CCN(S(=O)(=O)c3ccc(C)cc3)CC2)sc2cc(C(=O)OC)ccc21. The van der Waals surface area contributed by atoms with Gasteiger partial charge in [-0.2, -0.15) is 9.30 Å². The second-order valence-corrected chi connectivity index (χ2v) is 11.8. The molecule has 0 unspecified atom stereocenters. The van der Waals surface area contributed by atoms with Gasteiger partial charge in [0, 0.05) is 32.2 Å². The van der Waals surface area contributed by atoms with Crippen LogP contribution in [0.1, 0.15) is 35.7 Å². The van der Waals surface area contributed by atoms with E-state index in [9.17, 15) is 18.0 Å². The van der Waals surface area contributed by atoms with E-state index < -0.39 is 16.0 Å². The highest BCUT2D eigenvalue weighted by Gasteiger charge is 2.32. The highest BCUT2D eigenvalue weighted by Crippen LogP contribution is 2.25. The minimum absolute atomic E-state index is 0.263. The van der Waals surface area contributed by atoms with Crippen LogP contribution in [0.4, 0.5) is 0 Å². The Balaban J connectivity index is 1.55. The van der Waals surface area contributed by atoms with Gasteiger partial charge >= 0.3 is 5.97 Å². The Morgan fingerprint density at radius 2 is 1.81 bits per heavy atom. The summed E-state index contributed by atoms with van der Waals surface area (Å²) in [4.78, 5) is 30.4. The third kappa shape index (κ3) is 6.01. The summed E-state index contributed by atoms with van der Waals surface area (Å²) in [5.74, 6) is -1.06. The van der Waals surface area contributed by atoms with Gasteiger partial charge in [-0.25, -0.2) is 13.2 Å². The molecule has 37 heavy (non-hydrogen) atoms. The van der Waals surface area contributed by atoms with Crippen molar-refractivity contribution in [1.82, 2.24) is 8.87 Å². The number of hydrogen-bond donors (Lipinski definition) is 0. The lowest BCUT2D eigenvalue weighted by molar-refractivity contribution is -0.122. The molecule has 1 aliphatic rings. The van der Waals surface area contributed by atoms with E-state index in [1.807, 2.05) is 24.5 Å². The fourth-order valence-corrected chi connectivity index (χ4v) is 6.88. The van der Waals surface area contributed by atoms with Gasteiger partial charge in [0.2, 0.25) is 10.0 Å². The van der Waals surface area contributed by atoms with Crippen molar-refractivity contribution < 1.29 is 27.5 Å². The Morgan fingerprint density at radius 3 is 2.46 bits per heavy atom. The average molecular weight is 546 g/mol. The molecule has 1 saturated heterocycles. The number of aryl methyl sites for hydroxylation is 1. The number of thiazole rings is 1. The predicted octanol–water partition coefficient (Wildman–Crippen LogP) is 3.36. The number of amides is 1. The van der Waals surface area contributed by atoms with Crippen molar-refractivity contribution in [3.63, 3.8) is 0 Å². The van der Waals surface area contributed by atoms with Gasteiger partial charge in [0.25, 0.3) is 5.91 Å². The summed E-state index contributed by atoms with van der Waals surface area (Å²) >= 11 is 1.33. The molecule has 1 aromatic heterocycles. The quantitative estimate of drug-likeness (QED) is 0.317. The number of methoxy groups -OCH3 is 1. The third-order valence-electron chi connectivity index (χ3n) is 6.43. The molecule has 1 amide bonds. The third-order valence-corrected chi connectivity index (χ3v) is 9.39. The molecule has 0 bridgehead atoms. The number of nitrogens with zero attached hydrogens (tertiary/aromatic N) is 3. The fourth-order valence-electron chi connectivity index (χ4n) is 4.31. The lowest BCUT2D eigenvalue weighted by Crippen LogP contribution is -2.40. The summed E-state index contributed by atoms with van der Waals surface area (Å²) in [6, 6.07) is 12.0. The van der Waals surface area contributed by atoms with E-state index in [4.69, 9.17) is 9.47 Å². The van der Waals surface area contributed by atoms with Gasteiger partial charge < -0.3 is 14.0 Å². The van der Waals surface area contributed by atoms with E-state index in [2.05, 4.69) is 4.99 Å². The highest BCUT2D eigenvalue weighted by molar-refractivity contribution is 7.89. The zero-order valence-corrected chi connectivity index (χ0v) is 22.8. The van der Waals surface area contributed by atoms with E-state index in [1.165, 1.54) is 22.8 Å². The number of fused-ring (bicyclic) bond motifs is 1. The van der Waals surface area contributed by atoms with Crippen LogP contribution in [0.2, 0.25) is 0 Å². The number of rotatable bonds is 8. The minimum atomic E-state index is -3.60. The molecule has 0 saturated carbocycles. The van der Waals surface area contributed by atoms with Crippen molar-refractivity contribution in [3.8, 4) is 0 Å². The Hall–Kier alpha value is -2.86. The molecule has 9 nitrogen and oxygen atoms in total. The first-order valence-electron chi connectivity index (χ1n) is 12.2. The van der Waals surface area contributed by atoms with Crippen LogP contribution < -0.4 is 4.80 Å². The Morgan fingerprint density at radius 1 is 1.11 bits per heavy atom. The first kappa shape index (κ1) is 27.2. The smallest absolute Gasteiger partial charge is 0.337 e. The summed E-state index contributed by atoms with van der Waals surface area (Å²) in [6.07, 6.45) is 0.813. The van der Waals surface area contributed by atoms with Gasteiger partial charge in [0.1, 0.15) is 0 Å². The van der Waals surface area contributed by atoms with E-state index in [-0.39, 0.29) is 29.8 Å². The molecular formula is C26H31N3O6S2. The molecule has 2 heterocycles. The standard InChI is InChI=1S/C26H31N3O6S2/c1-4-35-16-15-29-22-10-7-20(25(31)34-3)17-23(22)36-26(29)27-24(30)19-11-13-28(14-12-19)37(32,33)21-8-5-18(2)6-9-21/h5-10,17,19H,4,11-16H2,1-3H3. The second kappa shape index (κ2) is 11.7. The number of carbonyl (C=O) groups excluding carboxylic acids is 2. The lowest BCUT2D eigenvalue weighted by Gasteiger charge is -2.29. The summed E-state index contributed by atoms with van der Waals surface area (Å²) in [6.45, 7) is 5.89. The maximum absolute atomic E-state index is 13.2. The van der Waals surface area contributed by atoms with Crippen molar-refractivity contribution in [3.05, 3.63) is 58.4 Å². The molecular weight excluding hydrogens is 514 g/mol. The normalized spacial score (nSPS) is 15.8. The fraction of sp³-hybridized carbons (Fsp3) is 0.423. The molecule has 0 radical (unpaired) electrons. The number of carbonyl (C=O) groups is 2. The average Bonchev–Trinajstić information content (AvgIpc) is 3.24. The molecule has 1 fully saturated rings. The number of aromatic nitrogens is 1. The van der Waals surface area contributed by atoms with E-state index in [0.29, 0.717) is 43.0 Å². The van der Waals surface area contributed by atoms with Crippen LogP contribution in [0.5, 0.6) is 0 Å². The van der Waals surface area contributed by atoms with E-state index >= 15 is 0 Å². The zero-order chi connectivity index (χ0) is 26.6. The maximum atomic E-state index is 13.2. The number of piperidine rings is 1. The summed E-state index contributed by atoms with van der Waals surface area (Å²) < 4.78 is 40.5. The van der Waals surface area contributed by atoms with Crippen molar-refractivity contribution in [2.24, 2.45) is 10.9 Å². The number of benzene rings is 2. The number of hydrogen-bond acceptors (Lipinski definition) is 7. The second-order valence-electron chi connectivity index (χ2n) is 8.85. The molecule has 198 valence electrons. The van der Waals surface area contributed by atoms with Gasteiger partial charge in [-0.15, -0.1) is 0 Å². The Labute approximate surface area is 220 Å². The van der Waals surface area contributed by atoms with Gasteiger partial charge in [-0.1, -0.05) is 29.0 Å². The van der Waals surface area contributed by atoms with Crippen LogP contribution in [0.3, 0.4) is 0 Å². The molecule has 0 atom stereocenters. The highest BCUT2D eigenvalue weighted by atomic mass is 32.2. The topological polar surface area (TPSA) is 107 Å². The van der Waals surface area contributed by atoms with Gasteiger partial charge in [0.15, 0.2) is 4.80 Å². The monoisotopic (exact) mass is 545 g/mol. The van der Waals surface area contributed by atoms with Gasteiger partial charge in [-0.3, -0.25) is 4.79 Å². The summed E-state index contributed by atoms with van der Waals surface area (Å²) in [5, 5.41) is 0. The summed E-state index contributed by atoms with van der Waals surface area (Å²) in [7, 11) is -2.27. The number of ether oxygens (including phenoxy) is 2. The molecule has 1 aliphatic heterocycles. The molecule has 0 N–H and O–H groups in total. The van der Waals surface area contributed by atoms with Crippen LogP contribution in [0.15, 0.2) is 52.4 Å². The van der Waals surface area contributed by atoms with Crippen molar-refractivity contribution in [2.75, 3.05) is 33.4 Å². The lowest BCUT2D eigenvalue weighted by atomic mass is 9.98.